The molecule has 0 aliphatic rings. The molecule has 1 aromatic rings. The lowest BCUT2D eigenvalue weighted by molar-refractivity contribution is -0.124. The minimum atomic E-state index is -4.22. The maximum atomic E-state index is 11.8. The SMILES string of the molecule is Cn1ccc(C(=O)NCCNCC(F)(F)F)c1. The van der Waals surface area contributed by atoms with Gasteiger partial charge in [-0.1, -0.05) is 0 Å². The number of halogens is 3. The lowest BCUT2D eigenvalue weighted by Gasteiger charge is -2.08. The molecule has 0 fully saturated rings. The van der Waals surface area contributed by atoms with E-state index in [9.17, 15) is 18.0 Å². The van der Waals surface area contributed by atoms with E-state index in [1.807, 2.05) is 0 Å². The molecular weight excluding hydrogens is 235 g/mol. The zero-order chi connectivity index (χ0) is 12.9. The molecule has 0 atom stereocenters. The molecule has 0 radical (unpaired) electrons. The summed E-state index contributed by atoms with van der Waals surface area (Å²) in [5, 5.41) is 4.71. The zero-order valence-corrected chi connectivity index (χ0v) is 9.34. The lowest BCUT2D eigenvalue weighted by atomic mass is 10.3. The molecule has 2 N–H and O–H groups in total. The van der Waals surface area contributed by atoms with Crippen molar-refractivity contribution >= 4 is 5.91 Å². The molecule has 0 saturated carbocycles. The van der Waals surface area contributed by atoms with Crippen molar-refractivity contribution in [3.8, 4) is 0 Å². The highest BCUT2D eigenvalue weighted by Gasteiger charge is 2.25. The number of amides is 1. The van der Waals surface area contributed by atoms with Gasteiger partial charge in [0.15, 0.2) is 0 Å². The molecule has 1 rings (SSSR count). The predicted octanol–water partition coefficient (Wildman–Crippen LogP) is 0.907. The van der Waals surface area contributed by atoms with E-state index in [2.05, 4.69) is 10.6 Å². The molecule has 1 aromatic heterocycles. The second kappa shape index (κ2) is 5.72. The highest BCUT2D eigenvalue weighted by Crippen LogP contribution is 2.11. The van der Waals surface area contributed by atoms with Gasteiger partial charge in [-0.25, -0.2) is 0 Å². The largest absolute Gasteiger partial charge is 0.401 e. The topological polar surface area (TPSA) is 46.1 Å². The monoisotopic (exact) mass is 249 g/mol. The number of alkyl halides is 3. The van der Waals surface area contributed by atoms with E-state index in [0.29, 0.717) is 5.56 Å². The average molecular weight is 249 g/mol. The van der Waals surface area contributed by atoms with E-state index in [4.69, 9.17) is 0 Å². The lowest BCUT2D eigenvalue weighted by Crippen LogP contribution is -2.36. The average Bonchev–Trinajstić information content (AvgIpc) is 2.62. The number of hydrogen-bond acceptors (Lipinski definition) is 2. The summed E-state index contributed by atoms with van der Waals surface area (Å²) in [5.41, 5.74) is 0.489. The van der Waals surface area contributed by atoms with Crippen LogP contribution in [-0.4, -0.2) is 36.3 Å². The normalized spacial score (nSPS) is 11.5. The standard InChI is InChI=1S/C10H14F3N3O/c1-16-5-2-8(6-16)9(17)15-4-3-14-7-10(11,12)13/h2,5-6,14H,3-4,7H2,1H3,(H,15,17). The van der Waals surface area contributed by atoms with Crippen molar-refractivity contribution in [1.82, 2.24) is 15.2 Å². The van der Waals surface area contributed by atoms with E-state index < -0.39 is 12.7 Å². The first-order valence-corrected chi connectivity index (χ1v) is 5.06. The number of aryl methyl sites for hydroxylation is 1. The van der Waals surface area contributed by atoms with Gasteiger partial charge >= 0.3 is 6.18 Å². The third-order valence-corrected chi connectivity index (χ3v) is 2.01. The number of rotatable bonds is 5. The Morgan fingerprint density at radius 2 is 2.12 bits per heavy atom. The molecule has 0 aliphatic heterocycles. The van der Waals surface area contributed by atoms with Crippen LogP contribution in [-0.2, 0) is 7.05 Å². The Hall–Kier alpha value is -1.50. The molecule has 0 bridgehead atoms. The molecule has 0 saturated heterocycles. The van der Waals surface area contributed by atoms with Gasteiger partial charge in [0.2, 0.25) is 0 Å². The molecular formula is C10H14F3N3O. The molecule has 1 heterocycles. The maximum absolute atomic E-state index is 11.8. The highest BCUT2D eigenvalue weighted by atomic mass is 19.4. The third kappa shape index (κ3) is 5.39. The molecule has 0 aromatic carbocycles. The van der Waals surface area contributed by atoms with Crippen LogP contribution in [0.5, 0.6) is 0 Å². The van der Waals surface area contributed by atoms with Crippen LogP contribution in [0.25, 0.3) is 0 Å². The van der Waals surface area contributed by atoms with Gasteiger partial charge in [-0.2, -0.15) is 13.2 Å². The number of aromatic nitrogens is 1. The first-order chi connectivity index (χ1) is 7.88. The van der Waals surface area contributed by atoms with Gasteiger partial charge in [0.1, 0.15) is 0 Å². The fraction of sp³-hybridized carbons (Fsp3) is 0.500. The molecule has 7 heteroatoms. The van der Waals surface area contributed by atoms with Gasteiger partial charge in [0.05, 0.1) is 12.1 Å². The molecule has 1 amide bonds. The number of carbonyl (C=O) groups is 1. The van der Waals surface area contributed by atoms with Crippen molar-refractivity contribution in [3.63, 3.8) is 0 Å². The van der Waals surface area contributed by atoms with Crippen molar-refractivity contribution in [1.29, 1.82) is 0 Å². The Balaban J connectivity index is 2.17. The van der Waals surface area contributed by atoms with E-state index in [1.54, 1.807) is 30.1 Å². The van der Waals surface area contributed by atoms with Crippen LogP contribution in [0, 0.1) is 0 Å². The Labute approximate surface area is 96.8 Å². The highest BCUT2D eigenvalue weighted by molar-refractivity contribution is 5.93. The summed E-state index contributed by atoms with van der Waals surface area (Å²) in [7, 11) is 1.78. The van der Waals surface area contributed by atoms with Gasteiger partial charge in [-0.3, -0.25) is 4.79 Å². The summed E-state index contributed by atoms with van der Waals surface area (Å²) in [6.07, 6.45) is -0.862. The smallest absolute Gasteiger partial charge is 0.356 e. The second-order valence-corrected chi connectivity index (χ2v) is 3.61. The van der Waals surface area contributed by atoms with Crippen molar-refractivity contribution in [3.05, 3.63) is 24.0 Å². The predicted molar refractivity (Wildman–Crippen MR) is 56.7 cm³/mol. The van der Waals surface area contributed by atoms with E-state index in [-0.39, 0.29) is 19.0 Å². The van der Waals surface area contributed by atoms with Gasteiger partial charge in [0.25, 0.3) is 5.91 Å². The summed E-state index contributed by atoms with van der Waals surface area (Å²) in [6.45, 7) is -0.809. The number of carbonyl (C=O) groups excluding carboxylic acids is 1. The van der Waals surface area contributed by atoms with Crippen LogP contribution in [0.3, 0.4) is 0 Å². The summed E-state index contributed by atoms with van der Waals surface area (Å²) in [4.78, 5) is 11.4. The Kier molecular flexibility index (Phi) is 4.56. The first-order valence-electron chi connectivity index (χ1n) is 5.06. The van der Waals surface area contributed by atoms with Gasteiger partial charge in [-0.05, 0) is 6.07 Å². The number of hydrogen-bond donors (Lipinski definition) is 2. The second-order valence-electron chi connectivity index (χ2n) is 3.61. The summed E-state index contributed by atoms with van der Waals surface area (Å²) in [6, 6.07) is 1.64. The van der Waals surface area contributed by atoms with Crippen LogP contribution in [0.2, 0.25) is 0 Å². The quantitative estimate of drug-likeness (QED) is 0.762. The number of nitrogens with zero attached hydrogens (tertiary/aromatic N) is 1. The Morgan fingerprint density at radius 3 is 2.65 bits per heavy atom. The van der Waals surface area contributed by atoms with Crippen LogP contribution in [0.4, 0.5) is 13.2 Å². The van der Waals surface area contributed by atoms with E-state index >= 15 is 0 Å². The van der Waals surface area contributed by atoms with E-state index in [0.717, 1.165) is 0 Å². The molecule has 0 unspecified atom stereocenters. The summed E-state index contributed by atoms with van der Waals surface area (Å²) < 4.78 is 37.0. The van der Waals surface area contributed by atoms with Crippen LogP contribution >= 0.6 is 0 Å². The minimum Gasteiger partial charge on any atom is -0.356 e. The Morgan fingerprint density at radius 1 is 1.41 bits per heavy atom. The van der Waals surface area contributed by atoms with Crippen LogP contribution in [0.1, 0.15) is 10.4 Å². The van der Waals surface area contributed by atoms with Crippen LogP contribution < -0.4 is 10.6 Å². The molecule has 96 valence electrons. The van der Waals surface area contributed by atoms with E-state index in [1.165, 1.54) is 0 Å². The van der Waals surface area contributed by atoms with Crippen molar-refractivity contribution < 1.29 is 18.0 Å². The molecule has 0 spiro atoms. The van der Waals surface area contributed by atoms with Crippen molar-refractivity contribution in [2.45, 2.75) is 6.18 Å². The fourth-order valence-electron chi connectivity index (χ4n) is 1.23. The van der Waals surface area contributed by atoms with Gasteiger partial charge in [-0.15, -0.1) is 0 Å². The zero-order valence-electron chi connectivity index (χ0n) is 9.34. The molecule has 0 aliphatic carbocycles. The van der Waals surface area contributed by atoms with Gasteiger partial charge in [0, 0.05) is 32.5 Å². The van der Waals surface area contributed by atoms with Crippen molar-refractivity contribution in [2.75, 3.05) is 19.6 Å². The first kappa shape index (κ1) is 13.6. The maximum Gasteiger partial charge on any atom is 0.401 e. The fourth-order valence-corrected chi connectivity index (χ4v) is 1.23. The number of nitrogens with one attached hydrogen (secondary N) is 2. The molecule has 17 heavy (non-hydrogen) atoms. The summed E-state index contributed by atoms with van der Waals surface area (Å²) in [5.74, 6) is -0.292. The summed E-state index contributed by atoms with van der Waals surface area (Å²) >= 11 is 0. The Bertz CT molecular complexity index is 373. The van der Waals surface area contributed by atoms with Gasteiger partial charge < -0.3 is 15.2 Å². The minimum absolute atomic E-state index is 0.0814. The third-order valence-electron chi connectivity index (χ3n) is 2.01. The molecule has 4 nitrogen and oxygen atoms in total. The van der Waals surface area contributed by atoms with Crippen molar-refractivity contribution in [2.24, 2.45) is 7.05 Å². The van der Waals surface area contributed by atoms with Crippen LogP contribution in [0.15, 0.2) is 18.5 Å².